The van der Waals surface area contributed by atoms with Gasteiger partial charge in [-0.25, -0.2) is 0 Å². The Morgan fingerprint density at radius 3 is 2.44 bits per heavy atom. The highest BCUT2D eigenvalue weighted by Gasteiger charge is 2.34. The summed E-state index contributed by atoms with van der Waals surface area (Å²) in [5.41, 5.74) is 0.163. The van der Waals surface area contributed by atoms with Crippen molar-refractivity contribution in [3.63, 3.8) is 0 Å². The lowest BCUT2D eigenvalue weighted by Gasteiger charge is -2.39. The predicted octanol–water partition coefficient (Wildman–Crippen LogP) is 2.97. The van der Waals surface area contributed by atoms with Crippen molar-refractivity contribution in [2.45, 2.75) is 57.5 Å². The topological polar surface area (TPSA) is 21.3 Å². The van der Waals surface area contributed by atoms with Crippen molar-refractivity contribution in [3.05, 3.63) is 0 Å². The number of hydrogen-bond acceptors (Lipinski definition) is 2. The number of ether oxygens (including phenoxy) is 1. The summed E-state index contributed by atoms with van der Waals surface area (Å²) in [5, 5.41) is 3.32. The Balaban J connectivity index is 1.76. The van der Waals surface area contributed by atoms with E-state index in [1.165, 1.54) is 44.9 Å². The monoisotopic (exact) mass is 225 g/mol. The summed E-state index contributed by atoms with van der Waals surface area (Å²) in [6.45, 7) is 4.39. The highest BCUT2D eigenvalue weighted by molar-refractivity contribution is 4.88. The molecule has 0 saturated heterocycles. The van der Waals surface area contributed by atoms with Crippen molar-refractivity contribution < 1.29 is 4.74 Å². The second-order valence-electron chi connectivity index (χ2n) is 5.98. The van der Waals surface area contributed by atoms with Crippen LogP contribution in [0.15, 0.2) is 0 Å². The summed E-state index contributed by atoms with van der Waals surface area (Å²) in [6, 6.07) is 0. The molecule has 2 heteroatoms. The zero-order valence-corrected chi connectivity index (χ0v) is 10.9. The molecule has 2 aliphatic carbocycles. The first-order valence-electron chi connectivity index (χ1n) is 7.03. The van der Waals surface area contributed by atoms with Crippen molar-refractivity contribution in [1.82, 2.24) is 5.32 Å². The maximum Gasteiger partial charge on any atom is 0.0806 e. The molecule has 0 aromatic carbocycles. The van der Waals surface area contributed by atoms with Gasteiger partial charge < -0.3 is 10.1 Å². The summed E-state index contributed by atoms with van der Waals surface area (Å²) in [5.74, 6) is 1.89. The van der Waals surface area contributed by atoms with Gasteiger partial charge in [0.05, 0.1) is 5.60 Å². The first-order valence-corrected chi connectivity index (χ1v) is 7.03. The Bertz CT molecular complexity index is 205. The van der Waals surface area contributed by atoms with E-state index in [9.17, 15) is 0 Å². The molecule has 2 nitrogen and oxygen atoms in total. The number of rotatable bonds is 6. The third-order valence-corrected chi connectivity index (χ3v) is 4.32. The smallest absolute Gasteiger partial charge is 0.0806 e. The van der Waals surface area contributed by atoms with E-state index in [1.54, 1.807) is 0 Å². The molecule has 0 unspecified atom stereocenters. The lowest BCUT2D eigenvalue weighted by Crippen LogP contribution is -2.45. The zero-order valence-electron chi connectivity index (χ0n) is 10.9. The molecule has 0 aromatic rings. The van der Waals surface area contributed by atoms with Gasteiger partial charge in [0.15, 0.2) is 0 Å². The Hall–Kier alpha value is -0.0800. The van der Waals surface area contributed by atoms with Crippen LogP contribution < -0.4 is 5.32 Å². The normalized spacial score (nSPS) is 35.2. The minimum Gasteiger partial charge on any atom is -0.374 e. The van der Waals surface area contributed by atoms with Gasteiger partial charge in [-0.05, 0) is 51.0 Å². The van der Waals surface area contributed by atoms with Crippen LogP contribution in [-0.4, -0.2) is 25.8 Å². The van der Waals surface area contributed by atoms with E-state index in [-0.39, 0.29) is 5.60 Å². The Labute approximate surface area is 100 Å². The van der Waals surface area contributed by atoms with Gasteiger partial charge in [0, 0.05) is 13.2 Å². The van der Waals surface area contributed by atoms with Gasteiger partial charge in [-0.2, -0.15) is 0 Å². The minimum absolute atomic E-state index is 0.163. The van der Waals surface area contributed by atoms with Gasteiger partial charge in [0.25, 0.3) is 0 Å². The molecular formula is C14H27NO. The number of hydrogen-bond donors (Lipinski definition) is 1. The summed E-state index contributed by atoms with van der Waals surface area (Å²) < 4.78 is 6.25. The third kappa shape index (κ3) is 3.46. The van der Waals surface area contributed by atoms with Crippen molar-refractivity contribution in [3.8, 4) is 0 Å². The first-order chi connectivity index (χ1) is 7.74. The molecule has 2 fully saturated rings. The van der Waals surface area contributed by atoms with Crippen molar-refractivity contribution >= 4 is 0 Å². The second-order valence-corrected chi connectivity index (χ2v) is 5.98. The van der Waals surface area contributed by atoms with Gasteiger partial charge in [-0.15, -0.1) is 0 Å². The maximum absolute atomic E-state index is 6.25. The van der Waals surface area contributed by atoms with Gasteiger partial charge >= 0.3 is 0 Å². The van der Waals surface area contributed by atoms with Crippen LogP contribution in [0.1, 0.15) is 51.9 Å². The summed E-state index contributed by atoms with van der Waals surface area (Å²) in [6.07, 6.45) is 9.36. The van der Waals surface area contributed by atoms with Crippen molar-refractivity contribution in [1.29, 1.82) is 0 Å². The van der Waals surface area contributed by atoms with Crippen molar-refractivity contribution in [2.75, 3.05) is 20.2 Å². The fourth-order valence-corrected chi connectivity index (χ4v) is 2.83. The molecular weight excluding hydrogens is 198 g/mol. The lowest BCUT2D eigenvalue weighted by molar-refractivity contribution is -0.0760. The summed E-state index contributed by atoms with van der Waals surface area (Å²) in [7, 11) is 2.05. The Morgan fingerprint density at radius 1 is 1.19 bits per heavy atom. The van der Waals surface area contributed by atoms with E-state index in [2.05, 4.69) is 12.2 Å². The Morgan fingerprint density at radius 2 is 1.88 bits per heavy atom. The van der Waals surface area contributed by atoms with E-state index in [1.807, 2.05) is 7.05 Å². The number of nitrogens with one attached hydrogen (secondary N) is 1. The molecule has 0 spiro atoms. The number of likely N-dealkylation sites (N-methyl/N-ethyl adjacent to an activating group) is 1. The first kappa shape index (κ1) is 12.4. The molecule has 0 aromatic heterocycles. The standard InChI is InChI=1S/C14H27NO/c1-12-5-8-14(9-6-12,11-15-2)16-10-7-13-3-4-13/h12-13,15H,3-11H2,1-2H3. The van der Waals surface area contributed by atoms with Crippen LogP contribution in [0.25, 0.3) is 0 Å². The SMILES string of the molecule is CNCC1(OCCC2CC2)CCC(C)CC1. The molecule has 0 heterocycles. The van der Waals surface area contributed by atoms with Crippen LogP contribution in [0.4, 0.5) is 0 Å². The molecule has 0 aliphatic heterocycles. The van der Waals surface area contributed by atoms with Crippen LogP contribution in [-0.2, 0) is 4.74 Å². The molecule has 2 saturated carbocycles. The highest BCUT2D eigenvalue weighted by Crippen LogP contribution is 2.36. The zero-order chi connectivity index (χ0) is 11.4. The average Bonchev–Trinajstić information content (AvgIpc) is 3.07. The van der Waals surface area contributed by atoms with E-state index in [4.69, 9.17) is 4.74 Å². The van der Waals surface area contributed by atoms with Crippen LogP contribution >= 0.6 is 0 Å². The maximum atomic E-state index is 6.25. The molecule has 2 aliphatic rings. The predicted molar refractivity (Wildman–Crippen MR) is 67.6 cm³/mol. The second kappa shape index (κ2) is 5.50. The Kier molecular flexibility index (Phi) is 4.26. The molecule has 1 N–H and O–H groups in total. The van der Waals surface area contributed by atoms with E-state index in [0.29, 0.717) is 0 Å². The van der Waals surface area contributed by atoms with Crippen LogP contribution in [0.2, 0.25) is 0 Å². The van der Waals surface area contributed by atoms with Crippen molar-refractivity contribution in [2.24, 2.45) is 11.8 Å². The van der Waals surface area contributed by atoms with Crippen LogP contribution in [0.3, 0.4) is 0 Å². The molecule has 2 rings (SSSR count). The molecule has 0 amide bonds. The summed E-state index contributed by atoms with van der Waals surface area (Å²) in [4.78, 5) is 0. The summed E-state index contributed by atoms with van der Waals surface area (Å²) >= 11 is 0. The van der Waals surface area contributed by atoms with Crippen LogP contribution in [0, 0.1) is 11.8 Å². The molecule has 0 atom stereocenters. The quantitative estimate of drug-likeness (QED) is 0.750. The fraction of sp³-hybridized carbons (Fsp3) is 1.00. The molecule has 0 bridgehead atoms. The lowest BCUT2D eigenvalue weighted by atomic mass is 9.79. The van der Waals surface area contributed by atoms with Gasteiger partial charge in [-0.3, -0.25) is 0 Å². The van der Waals surface area contributed by atoms with Gasteiger partial charge in [0.1, 0.15) is 0 Å². The average molecular weight is 225 g/mol. The molecule has 0 radical (unpaired) electrons. The highest BCUT2D eigenvalue weighted by atomic mass is 16.5. The van der Waals surface area contributed by atoms with E-state index >= 15 is 0 Å². The third-order valence-electron chi connectivity index (χ3n) is 4.32. The van der Waals surface area contributed by atoms with E-state index < -0.39 is 0 Å². The fourth-order valence-electron chi connectivity index (χ4n) is 2.83. The van der Waals surface area contributed by atoms with Gasteiger partial charge in [-0.1, -0.05) is 19.8 Å². The molecule has 16 heavy (non-hydrogen) atoms. The minimum atomic E-state index is 0.163. The van der Waals surface area contributed by atoms with Gasteiger partial charge in [0.2, 0.25) is 0 Å². The van der Waals surface area contributed by atoms with E-state index in [0.717, 1.165) is 25.0 Å². The van der Waals surface area contributed by atoms with Crippen LogP contribution in [0.5, 0.6) is 0 Å². The largest absolute Gasteiger partial charge is 0.374 e. The molecule has 94 valence electrons.